The summed E-state index contributed by atoms with van der Waals surface area (Å²) in [6.45, 7) is 13.7. The highest BCUT2D eigenvalue weighted by Gasteiger charge is 2.26. The van der Waals surface area contributed by atoms with Gasteiger partial charge < -0.3 is 4.90 Å². The van der Waals surface area contributed by atoms with Gasteiger partial charge in [-0.25, -0.2) is 0 Å². The highest BCUT2D eigenvalue weighted by atomic mass is 15.1. The van der Waals surface area contributed by atoms with E-state index in [9.17, 15) is 0 Å². The molecule has 7 aromatic rings. The first-order valence-electron chi connectivity index (χ1n) is 20.3. The molecule has 0 saturated carbocycles. The number of fused-ring (bicyclic) bond motifs is 4. The largest absolute Gasteiger partial charge is 0.372 e. The lowest BCUT2D eigenvalue weighted by Crippen LogP contribution is -2.29. The molecule has 54 heavy (non-hydrogen) atoms. The van der Waals surface area contributed by atoms with Gasteiger partial charge in [0.05, 0.1) is 0 Å². The normalized spacial score (nSPS) is 12.9. The Labute approximate surface area is 323 Å². The van der Waals surface area contributed by atoms with Crippen LogP contribution in [-0.4, -0.2) is 13.1 Å². The number of benzene rings is 7. The summed E-state index contributed by atoms with van der Waals surface area (Å²) in [7, 11) is 0. The summed E-state index contributed by atoms with van der Waals surface area (Å²) in [6, 6.07) is 46.1. The maximum absolute atomic E-state index is 2.60. The molecule has 1 aliphatic rings. The van der Waals surface area contributed by atoms with Crippen molar-refractivity contribution in [1.29, 1.82) is 0 Å². The SMILES string of the molecule is CC/C=C\CCc1c(CC)cc(-c2cc(-c3ccccc3)c(-c3cc4c(c5ccccc35)CCCN4CC)c(C)c2-c2ccccc2)c2c(C)cccc12. The monoisotopic (exact) mass is 703 g/mol. The van der Waals surface area contributed by atoms with Gasteiger partial charge in [0.25, 0.3) is 0 Å². The number of anilines is 1. The van der Waals surface area contributed by atoms with Crippen LogP contribution in [0.25, 0.3) is 66.1 Å². The maximum atomic E-state index is 2.60. The van der Waals surface area contributed by atoms with Gasteiger partial charge in [-0.3, -0.25) is 0 Å². The fourth-order valence-corrected chi connectivity index (χ4v) is 9.39. The van der Waals surface area contributed by atoms with Gasteiger partial charge >= 0.3 is 0 Å². The van der Waals surface area contributed by atoms with Gasteiger partial charge in [-0.2, -0.15) is 0 Å². The number of hydrogen-bond donors (Lipinski definition) is 0. The van der Waals surface area contributed by atoms with E-state index in [1.165, 1.54) is 106 Å². The Morgan fingerprint density at radius 1 is 0.611 bits per heavy atom. The van der Waals surface area contributed by atoms with Crippen molar-refractivity contribution in [2.24, 2.45) is 0 Å². The van der Waals surface area contributed by atoms with E-state index in [0.717, 1.165) is 45.2 Å². The number of allylic oxidation sites excluding steroid dienone is 2. The third kappa shape index (κ3) is 6.34. The zero-order chi connectivity index (χ0) is 37.2. The van der Waals surface area contributed by atoms with Crippen molar-refractivity contribution in [3.05, 3.63) is 161 Å². The zero-order valence-electron chi connectivity index (χ0n) is 32.8. The van der Waals surface area contributed by atoms with Crippen LogP contribution >= 0.6 is 0 Å². The Morgan fingerprint density at radius 3 is 2.04 bits per heavy atom. The predicted molar refractivity (Wildman–Crippen MR) is 236 cm³/mol. The molecule has 0 bridgehead atoms. The van der Waals surface area contributed by atoms with Crippen molar-refractivity contribution in [2.45, 2.75) is 73.1 Å². The van der Waals surface area contributed by atoms with Crippen molar-refractivity contribution in [3.63, 3.8) is 0 Å². The van der Waals surface area contributed by atoms with Crippen molar-refractivity contribution in [1.82, 2.24) is 0 Å². The van der Waals surface area contributed by atoms with E-state index < -0.39 is 0 Å². The minimum absolute atomic E-state index is 1.00. The molecule has 1 heteroatoms. The highest BCUT2D eigenvalue weighted by Crippen LogP contribution is 2.50. The third-order valence-electron chi connectivity index (χ3n) is 11.9. The molecule has 7 aromatic carbocycles. The van der Waals surface area contributed by atoms with Crippen LogP contribution in [0.3, 0.4) is 0 Å². The van der Waals surface area contributed by atoms with E-state index in [1.807, 2.05) is 0 Å². The predicted octanol–water partition coefficient (Wildman–Crippen LogP) is 14.5. The van der Waals surface area contributed by atoms with E-state index in [-0.39, 0.29) is 0 Å². The van der Waals surface area contributed by atoms with E-state index in [4.69, 9.17) is 0 Å². The summed E-state index contributed by atoms with van der Waals surface area (Å²) in [5, 5.41) is 5.52. The molecule has 1 heterocycles. The minimum atomic E-state index is 1.00. The molecule has 270 valence electrons. The molecule has 0 aromatic heterocycles. The number of aryl methyl sites for hydroxylation is 4. The van der Waals surface area contributed by atoms with Crippen LogP contribution in [-0.2, 0) is 19.3 Å². The zero-order valence-corrected chi connectivity index (χ0v) is 32.8. The Bertz CT molecular complexity index is 2480. The molecule has 0 spiro atoms. The first-order valence-corrected chi connectivity index (χ1v) is 20.3. The van der Waals surface area contributed by atoms with Crippen molar-refractivity contribution in [3.8, 4) is 44.5 Å². The smallest absolute Gasteiger partial charge is 0.0411 e. The quantitative estimate of drug-likeness (QED) is 0.128. The summed E-state index contributed by atoms with van der Waals surface area (Å²) in [5.41, 5.74) is 19.0. The van der Waals surface area contributed by atoms with Gasteiger partial charge in [0.2, 0.25) is 0 Å². The fraction of sp³-hybridized carbons (Fsp3) is 0.245. The molecule has 0 aliphatic carbocycles. The average molecular weight is 704 g/mol. The van der Waals surface area contributed by atoms with Crippen molar-refractivity contribution in [2.75, 3.05) is 18.0 Å². The highest BCUT2D eigenvalue weighted by molar-refractivity contribution is 6.11. The Hall–Kier alpha value is -5.40. The molecular formula is C53H53N. The van der Waals surface area contributed by atoms with E-state index in [0.29, 0.717) is 0 Å². The van der Waals surface area contributed by atoms with Crippen molar-refractivity contribution >= 4 is 27.2 Å². The lowest BCUT2D eigenvalue weighted by molar-refractivity contribution is 0.711. The first kappa shape index (κ1) is 35.6. The van der Waals surface area contributed by atoms with Gasteiger partial charge in [0.1, 0.15) is 0 Å². The molecular weight excluding hydrogens is 651 g/mol. The van der Waals surface area contributed by atoms with Gasteiger partial charge in [0.15, 0.2) is 0 Å². The minimum Gasteiger partial charge on any atom is -0.372 e. The lowest BCUT2D eigenvalue weighted by Gasteiger charge is -2.33. The molecule has 0 atom stereocenters. The summed E-state index contributed by atoms with van der Waals surface area (Å²) >= 11 is 0. The average Bonchev–Trinajstić information content (AvgIpc) is 3.22. The molecule has 0 saturated heterocycles. The van der Waals surface area contributed by atoms with Crippen LogP contribution < -0.4 is 4.90 Å². The van der Waals surface area contributed by atoms with Gasteiger partial charge in [-0.1, -0.05) is 135 Å². The molecule has 0 N–H and O–H groups in total. The number of rotatable bonds is 10. The van der Waals surface area contributed by atoms with Gasteiger partial charge in [-0.05, 0) is 165 Å². The van der Waals surface area contributed by atoms with Crippen LogP contribution in [0.2, 0.25) is 0 Å². The first-order chi connectivity index (χ1) is 26.5. The van der Waals surface area contributed by atoms with Crippen molar-refractivity contribution < 1.29 is 0 Å². The lowest BCUT2D eigenvalue weighted by atomic mass is 9.78. The van der Waals surface area contributed by atoms with Gasteiger partial charge in [-0.15, -0.1) is 0 Å². The fourth-order valence-electron chi connectivity index (χ4n) is 9.39. The summed E-state index contributed by atoms with van der Waals surface area (Å²) in [5.74, 6) is 0. The molecule has 1 aliphatic heterocycles. The van der Waals surface area contributed by atoms with E-state index >= 15 is 0 Å². The topological polar surface area (TPSA) is 3.24 Å². The van der Waals surface area contributed by atoms with Crippen LogP contribution in [0, 0.1) is 13.8 Å². The summed E-state index contributed by atoms with van der Waals surface area (Å²) in [4.78, 5) is 2.60. The van der Waals surface area contributed by atoms with Crippen LogP contribution in [0.15, 0.2) is 133 Å². The Morgan fingerprint density at radius 2 is 1.31 bits per heavy atom. The third-order valence-corrected chi connectivity index (χ3v) is 11.9. The van der Waals surface area contributed by atoms with E-state index in [2.05, 4.69) is 173 Å². The van der Waals surface area contributed by atoms with Crippen LogP contribution in [0.1, 0.15) is 67.9 Å². The molecule has 0 unspecified atom stereocenters. The second-order valence-corrected chi connectivity index (χ2v) is 15.1. The summed E-state index contributed by atoms with van der Waals surface area (Å²) in [6.07, 6.45) is 11.2. The second kappa shape index (κ2) is 15.5. The molecule has 0 fully saturated rings. The van der Waals surface area contributed by atoms with Crippen LogP contribution in [0.4, 0.5) is 5.69 Å². The maximum Gasteiger partial charge on any atom is 0.0411 e. The van der Waals surface area contributed by atoms with E-state index in [1.54, 1.807) is 0 Å². The molecule has 0 amide bonds. The Balaban J connectivity index is 1.51. The second-order valence-electron chi connectivity index (χ2n) is 15.1. The molecule has 1 nitrogen and oxygen atoms in total. The van der Waals surface area contributed by atoms with Gasteiger partial charge in [0, 0.05) is 18.8 Å². The number of nitrogens with zero attached hydrogens (tertiary/aromatic N) is 1. The molecule has 0 radical (unpaired) electrons. The van der Waals surface area contributed by atoms with Crippen LogP contribution in [0.5, 0.6) is 0 Å². The standard InChI is InChI=1S/C53H53N/c1-6-9-10-17-27-41-38(7-2)33-47(51-36(4)22-20-30-45(41)51)48-34-46(39-23-13-11-14-24-39)53(37(5)52(48)40-25-15-12-16-26-40)49-35-50-44(31-21-32-54(50)8-3)42-28-18-19-29-43(42)49/h9-16,18-20,22-26,28-30,33-35H,6-8,17,21,27,31-32H2,1-5H3/b10-9-. The summed E-state index contributed by atoms with van der Waals surface area (Å²) < 4.78 is 0. The number of hydrogen-bond acceptors (Lipinski definition) is 1. The molecule has 8 rings (SSSR count). The Kier molecular flexibility index (Phi) is 10.2.